The summed E-state index contributed by atoms with van der Waals surface area (Å²) in [6, 6.07) is 0. The van der Waals surface area contributed by atoms with E-state index in [2.05, 4.69) is 112 Å². The van der Waals surface area contributed by atoms with E-state index in [-0.39, 0.29) is 31.6 Å². The lowest BCUT2D eigenvalue weighted by Gasteiger charge is -2.18. The summed E-state index contributed by atoms with van der Waals surface area (Å²) < 4.78 is 16.7. The van der Waals surface area contributed by atoms with Gasteiger partial charge in [-0.15, -0.1) is 0 Å². The Balaban J connectivity index is 4.09. The Hall–Kier alpha value is -3.67. The number of ether oxygens (including phenoxy) is 3. The molecule has 0 spiro atoms. The van der Waals surface area contributed by atoms with Crippen LogP contribution in [0.15, 0.2) is 97.2 Å². The van der Waals surface area contributed by atoms with Crippen molar-refractivity contribution in [3.63, 3.8) is 0 Å². The first-order valence-corrected chi connectivity index (χ1v) is 31.2. The van der Waals surface area contributed by atoms with Gasteiger partial charge in [-0.1, -0.05) is 285 Å². The summed E-state index contributed by atoms with van der Waals surface area (Å²) in [6.07, 6.45) is 83.3. The summed E-state index contributed by atoms with van der Waals surface area (Å²) in [5.41, 5.74) is 0. The van der Waals surface area contributed by atoms with Crippen LogP contribution >= 0.6 is 0 Å². The number of allylic oxidation sites excluding steroid dienone is 16. The Kier molecular flexibility index (Phi) is 58.8. The van der Waals surface area contributed by atoms with Crippen LogP contribution in [0.3, 0.4) is 0 Å². The summed E-state index contributed by atoms with van der Waals surface area (Å²) in [5.74, 6) is -0.995. The molecule has 424 valence electrons. The summed E-state index contributed by atoms with van der Waals surface area (Å²) in [6.45, 7) is 6.41. The predicted molar refractivity (Wildman–Crippen MR) is 320 cm³/mol. The average molecular weight is 1030 g/mol. The molecule has 1 atom stereocenters. The van der Waals surface area contributed by atoms with Crippen molar-refractivity contribution in [2.45, 2.75) is 303 Å². The van der Waals surface area contributed by atoms with Crippen molar-refractivity contribution in [3.05, 3.63) is 97.2 Å². The van der Waals surface area contributed by atoms with E-state index in [1.54, 1.807) is 0 Å². The third kappa shape index (κ3) is 59.2. The highest BCUT2D eigenvalue weighted by atomic mass is 16.6. The van der Waals surface area contributed by atoms with Crippen LogP contribution in [0, 0.1) is 0 Å². The Morgan fingerprint density at radius 1 is 0.284 bits per heavy atom. The highest BCUT2D eigenvalue weighted by Crippen LogP contribution is 2.16. The Bertz CT molecular complexity index is 1460. The van der Waals surface area contributed by atoms with E-state index in [9.17, 15) is 14.4 Å². The van der Waals surface area contributed by atoms with Crippen molar-refractivity contribution in [2.24, 2.45) is 0 Å². The molecule has 0 aromatic rings. The molecule has 1 unspecified atom stereocenters. The summed E-state index contributed by atoms with van der Waals surface area (Å²) in [5, 5.41) is 0. The Morgan fingerprint density at radius 3 is 0.878 bits per heavy atom. The third-order valence-electron chi connectivity index (χ3n) is 13.3. The first-order chi connectivity index (χ1) is 36.5. The molecule has 0 saturated heterocycles. The standard InChI is InChI=1S/C68H116O6/c1-4-7-10-13-16-18-20-22-24-26-28-29-30-31-32-33-34-35-36-37-38-39-41-42-44-46-48-50-52-55-58-61-67(70)73-64-65(63-72-66(69)60-57-54-15-12-9-6-3)74-68(71)62-59-56-53-51-49-47-45-43-40-27-25-23-21-19-17-14-11-8-5-2/h8,11,17,19-20,22-23,25-26,28,40,43,47,49,53,56,65H,4-7,9-10,12-16,18,21,24,27,29-39,41-42,44-46,48,50-52,54-55,57-64H2,1-3H3/b11-8-,19-17-,22-20-,25-23-,28-26-,43-40-,49-47-,56-53-. The van der Waals surface area contributed by atoms with Crippen molar-refractivity contribution >= 4 is 17.9 Å². The maximum Gasteiger partial charge on any atom is 0.306 e. The molecule has 74 heavy (non-hydrogen) atoms. The van der Waals surface area contributed by atoms with Gasteiger partial charge in [0.15, 0.2) is 6.10 Å². The predicted octanol–water partition coefficient (Wildman–Crippen LogP) is 21.3. The SMILES string of the molecule is CC/C=C\C/C=C\C/C=C\C/C=C\C/C=C\C/C=C\CCC(=O)OC(COC(=O)CCCCCCCC)COC(=O)CCCCCCCCCCCCCCCCCCCCC/C=C\C/C=C\CCCCCCC. The van der Waals surface area contributed by atoms with E-state index in [1.165, 1.54) is 167 Å². The number of carbonyl (C=O) groups excluding carboxylic acids is 3. The number of rotatable bonds is 56. The largest absolute Gasteiger partial charge is 0.462 e. The van der Waals surface area contributed by atoms with Crippen LogP contribution in [0.2, 0.25) is 0 Å². The molecule has 0 rings (SSSR count). The molecular formula is C68H116O6. The van der Waals surface area contributed by atoms with Gasteiger partial charge in [0.1, 0.15) is 13.2 Å². The van der Waals surface area contributed by atoms with Gasteiger partial charge in [0.2, 0.25) is 0 Å². The van der Waals surface area contributed by atoms with E-state index >= 15 is 0 Å². The molecule has 0 N–H and O–H groups in total. The van der Waals surface area contributed by atoms with Gasteiger partial charge in [0.25, 0.3) is 0 Å². The molecule has 0 saturated carbocycles. The van der Waals surface area contributed by atoms with Crippen LogP contribution in [0.5, 0.6) is 0 Å². The molecular weight excluding hydrogens is 913 g/mol. The fourth-order valence-corrected chi connectivity index (χ4v) is 8.68. The molecule has 6 nitrogen and oxygen atoms in total. The second kappa shape index (κ2) is 61.9. The van der Waals surface area contributed by atoms with Crippen LogP contribution in [0.25, 0.3) is 0 Å². The number of hydrogen-bond donors (Lipinski definition) is 0. The number of esters is 3. The van der Waals surface area contributed by atoms with Crippen molar-refractivity contribution in [1.82, 2.24) is 0 Å². The average Bonchev–Trinajstić information content (AvgIpc) is 3.40. The summed E-state index contributed by atoms with van der Waals surface area (Å²) >= 11 is 0. The van der Waals surface area contributed by atoms with Crippen LogP contribution < -0.4 is 0 Å². The number of hydrogen-bond acceptors (Lipinski definition) is 6. The Morgan fingerprint density at radius 2 is 0.554 bits per heavy atom. The van der Waals surface area contributed by atoms with E-state index in [1.807, 2.05) is 6.08 Å². The Labute approximate surface area is 457 Å². The maximum atomic E-state index is 12.8. The zero-order chi connectivity index (χ0) is 53.6. The molecule has 6 heteroatoms. The smallest absolute Gasteiger partial charge is 0.306 e. The molecule has 0 fully saturated rings. The zero-order valence-corrected chi connectivity index (χ0v) is 48.6. The van der Waals surface area contributed by atoms with Crippen LogP contribution in [0.4, 0.5) is 0 Å². The monoisotopic (exact) mass is 1030 g/mol. The third-order valence-corrected chi connectivity index (χ3v) is 13.3. The molecule has 0 aromatic carbocycles. The number of carbonyl (C=O) groups is 3. The summed E-state index contributed by atoms with van der Waals surface area (Å²) in [4.78, 5) is 37.9. The van der Waals surface area contributed by atoms with Crippen molar-refractivity contribution < 1.29 is 28.6 Å². The first kappa shape index (κ1) is 70.3. The van der Waals surface area contributed by atoms with Gasteiger partial charge in [-0.05, 0) is 89.9 Å². The van der Waals surface area contributed by atoms with Gasteiger partial charge in [0.05, 0.1) is 0 Å². The minimum atomic E-state index is -0.814. The highest BCUT2D eigenvalue weighted by molar-refractivity contribution is 5.71. The fourth-order valence-electron chi connectivity index (χ4n) is 8.68. The minimum absolute atomic E-state index is 0.106. The lowest BCUT2D eigenvalue weighted by Crippen LogP contribution is -2.30. The first-order valence-electron chi connectivity index (χ1n) is 31.2. The van der Waals surface area contributed by atoms with Crippen LogP contribution in [-0.4, -0.2) is 37.2 Å². The lowest BCUT2D eigenvalue weighted by atomic mass is 10.0. The fraction of sp³-hybridized carbons (Fsp3) is 0.721. The minimum Gasteiger partial charge on any atom is -0.462 e. The highest BCUT2D eigenvalue weighted by Gasteiger charge is 2.19. The van der Waals surface area contributed by atoms with Gasteiger partial charge >= 0.3 is 17.9 Å². The van der Waals surface area contributed by atoms with Crippen molar-refractivity contribution in [3.8, 4) is 0 Å². The van der Waals surface area contributed by atoms with Crippen LogP contribution in [0.1, 0.15) is 297 Å². The maximum absolute atomic E-state index is 12.8. The molecule has 0 aliphatic rings. The topological polar surface area (TPSA) is 78.9 Å². The van der Waals surface area contributed by atoms with E-state index in [0.29, 0.717) is 19.3 Å². The molecule has 0 bridgehead atoms. The molecule has 0 aliphatic carbocycles. The van der Waals surface area contributed by atoms with Gasteiger partial charge < -0.3 is 14.2 Å². The van der Waals surface area contributed by atoms with Gasteiger partial charge in [0, 0.05) is 19.3 Å². The zero-order valence-electron chi connectivity index (χ0n) is 48.6. The molecule has 0 amide bonds. The summed E-state index contributed by atoms with van der Waals surface area (Å²) in [7, 11) is 0. The lowest BCUT2D eigenvalue weighted by molar-refractivity contribution is -0.166. The van der Waals surface area contributed by atoms with Gasteiger partial charge in [-0.3, -0.25) is 14.4 Å². The van der Waals surface area contributed by atoms with Crippen LogP contribution in [-0.2, 0) is 28.6 Å². The van der Waals surface area contributed by atoms with Crippen molar-refractivity contribution in [2.75, 3.05) is 13.2 Å². The van der Waals surface area contributed by atoms with E-state index in [0.717, 1.165) is 83.5 Å². The molecule has 0 aromatic heterocycles. The van der Waals surface area contributed by atoms with Gasteiger partial charge in [-0.2, -0.15) is 0 Å². The molecule has 0 heterocycles. The van der Waals surface area contributed by atoms with Crippen molar-refractivity contribution in [1.29, 1.82) is 0 Å². The molecule has 0 radical (unpaired) electrons. The second-order valence-corrected chi connectivity index (χ2v) is 20.6. The molecule has 0 aliphatic heterocycles. The van der Waals surface area contributed by atoms with E-state index in [4.69, 9.17) is 14.2 Å². The normalized spacial score (nSPS) is 12.7. The van der Waals surface area contributed by atoms with E-state index < -0.39 is 12.1 Å². The second-order valence-electron chi connectivity index (χ2n) is 20.6. The quantitative estimate of drug-likeness (QED) is 0.0261. The van der Waals surface area contributed by atoms with Gasteiger partial charge in [-0.25, -0.2) is 0 Å². The number of unbranched alkanes of at least 4 members (excludes halogenated alkanes) is 29.